The van der Waals surface area contributed by atoms with E-state index >= 15 is 0 Å². The molecule has 2 aromatic carbocycles. The van der Waals surface area contributed by atoms with Gasteiger partial charge >= 0.3 is 5.97 Å². The summed E-state index contributed by atoms with van der Waals surface area (Å²) in [4.78, 5) is 12.2. The molecular weight excluding hydrogens is 368 g/mol. The molecule has 0 saturated carbocycles. The maximum Gasteiger partial charge on any atom is 0.339 e. The van der Waals surface area contributed by atoms with Gasteiger partial charge in [0.05, 0.1) is 15.5 Å². The van der Waals surface area contributed by atoms with Crippen molar-refractivity contribution >= 4 is 27.4 Å². The van der Waals surface area contributed by atoms with Crippen LogP contribution in [0.4, 0.5) is 0 Å². The molecule has 132 valence electrons. The second-order valence-electron chi connectivity index (χ2n) is 5.45. The molecule has 0 N–H and O–H groups in total. The molecule has 0 saturated heterocycles. The Kier molecular flexibility index (Phi) is 4.87. The van der Waals surface area contributed by atoms with Gasteiger partial charge in [-0.15, -0.1) is 0 Å². The van der Waals surface area contributed by atoms with Crippen LogP contribution in [-0.2, 0) is 21.2 Å². The van der Waals surface area contributed by atoms with Crippen LogP contribution in [0.5, 0.6) is 11.5 Å². The number of halogens is 1. The van der Waals surface area contributed by atoms with Gasteiger partial charge in [-0.2, -0.15) is 0 Å². The van der Waals surface area contributed by atoms with Crippen LogP contribution in [-0.4, -0.2) is 33.9 Å². The zero-order chi connectivity index (χ0) is 18.0. The van der Waals surface area contributed by atoms with Crippen LogP contribution in [0.2, 0.25) is 5.02 Å². The second-order valence-corrected chi connectivity index (χ2v) is 7.84. The van der Waals surface area contributed by atoms with Crippen LogP contribution >= 0.6 is 11.6 Å². The Bertz CT molecular complexity index is 923. The van der Waals surface area contributed by atoms with Gasteiger partial charge in [-0.3, -0.25) is 0 Å². The molecule has 25 heavy (non-hydrogen) atoms. The van der Waals surface area contributed by atoms with Gasteiger partial charge in [0, 0.05) is 6.26 Å². The van der Waals surface area contributed by atoms with Crippen LogP contribution in [0.1, 0.15) is 15.9 Å². The fourth-order valence-corrected chi connectivity index (χ4v) is 3.60. The minimum atomic E-state index is -3.54. The highest BCUT2D eigenvalue weighted by atomic mass is 35.5. The van der Waals surface area contributed by atoms with Crippen molar-refractivity contribution in [3.63, 3.8) is 0 Å². The standard InChI is InChI=1S/C17H15ClO6S/c1-25(20,21)15-5-3-2-4-12(15)17(19)24-10-11-8-13(18)16-14(9-11)22-6-7-23-16/h2-5,8-9H,6-7,10H2,1H3. The molecule has 1 aliphatic rings. The predicted molar refractivity (Wildman–Crippen MR) is 91.1 cm³/mol. The summed E-state index contributed by atoms with van der Waals surface area (Å²) >= 11 is 6.14. The molecule has 0 spiro atoms. The van der Waals surface area contributed by atoms with E-state index in [9.17, 15) is 13.2 Å². The molecule has 0 aliphatic carbocycles. The Hall–Kier alpha value is -2.25. The molecule has 3 rings (SSSR count). The Balaban J connectivity index is 1.79. The number of benzene rings is 2. The first kappa shape index (κ1) is 17.6. The van der Waals surface area contributed by atoms with Crippen LogP contribution < -0.4 is 9.47 Å². The van der Waals surface area contributed by atoms with Gasteiger partial charge < -0.3 is 14.2 Å². The lowest BCUT2D eigenvalue weighted by Gasteiger charge is -2.20. The van der Waals surface area contributed by atoms with Crippen molar-refractivity contribution < 1.29 is 27.4 Å². The number of ether oxygens (including phenoxy) is 3. The van der Waals surface area contributed by atoms with Crippen LogP contribution in [0.15, 0.2) is 41.3 Å². The van der Waals surface area contributed by atoms with E-state index in [1.807, 2.05) is 0 Å². The van der Waals surface area contributed by atoms with Gasteiger partial charge in [-0.25, -0.2) is 13.2 Å². The number of fused-ring (bicyclic) bond motifs is 1. The molecule has 2 aromatic rings. The van der Waals surface area contributed by atoms with E-state index in [0.717, 1.165) is 6.26 Å². The molecule has 0 atom stereocenters. The zero-order valence-corrected chi connectivity index (χ0v) is 14.9. The molecular formula is C17H15ClO6S. The third kappa shape index (κ3) is 3.88. The smallest absolute Gasteiger partial charge is 0.339 e. The normalized spacial score (nSPS) is 13.4. The van der Waals surface area contributed by atoms with Crippen molar-refractivity contribution in [2.45, 2.75) is 11.5 Å². The van der Waals surface area contributed by atoms with Gasteiger partial charge in [0.1, 0.15) is 19.8 Å². The summed E-state index contributed by atoms with van der Waals surface area (Å²) in [6.45, 7) is 0.755. The molecule has 0 fully saturated rings. The highest BCUT2D eigenvalue weighted by molar-refractivity contribution is 7.90. The molecule has 0 bridgehead atoms. The monoisotopic (exact) mass is 382 g/mol. The number of esters is 1. The molecule has 6 nitrogen and oxygen atoms in total. The number of carbonyl (C=O) groups is 1. The van der Waals surface area contributed by atoms with Crippen molar-refractivity contribution in [1.29, 1.82) is 0 Å². The lowest BCUT2D eigenvalue weighted by Crippen LogP contribution is -2.16. The SMILES string of the molecule is CS(=O)(=O)c1ccccc1C(=O)OCc1cc(Cl)c2c(c1)OCCO2. The summed E-state index contributed by atoms with van der Waals surface area (Å²) in [6, 6.07) is 9.20. The van der Waals surface area contributed by atoms with Gasteiger partial charge in [0.15, 0.2) is 21.3 Å². The lowest BCUT2D eigenvalue weighted by molar-refractivity contribution is 0.0467. The molecule has 1 heterocycles. The summed E-state index contributed by atoms with van der Waals surface area (Å²) < 4.78 is 39.7. The highest BCUT2D eigenvalue weighted by Crippen LogP contribution is 2.38. The Morgan fingerprint density at radius 2 is 1.92 bits per heavy atom. The van der Waals surface area contributed by atoms with E-state index in [0.29, 0.717) is 35.3 Å². The summed E-state index contributed by atoms with van der Waals surface area (Å²) in [5, 5.41) is 0.361. The molecule has 0 amide bonds. The molecule has 0 radical (unpaired) electrons. The molecule has 8 heteroatoms. The van der Waals surface area contributed by atoms with E-state index in [4.69, 9.17) is 25.8 Å². The average molecular weight is 383 g/mol. The van der Waals surface area contributed by atoms with Crippen LogP contribution in [0, 0.1) is 0 Å². The third-order valence-corrected chi connectivity index (χ3v) is 4.97. The van der Waals surface area contributed by atoms with Gasteiger partial charge in [-0.05, 0) is 29.8 Å². The minimum absolute atomic E-state index is 0.00589. The average Bonchev–Trinajstić information content (AvgIpc) is 2.59. The minimum Gasteiger partial charge on any atom is -0.486 e. The predicted octanol–water partition coefficient (Wildman–Crippen LogP) is 2.87. The Morgan fingerprint density at radius 1 is 1.20 bits per heavy atom. The summed E-state index contributed by atoms with van der Waals surface area (Å²) in [6.07, 6.45) is 1.04. The van der Waals surface area contributed by atoms with Gasteiger partial charge in [-0.1, -0.05) is 23.7 Å². The van der Waals surface area contributed by atoms with E-state index < -0.39 is 15.8 Å². The first-order valence-corrected chi connectivity index (χ1v) is 9.67. The zero-order valence-electron chi connectivity index (χ0n) is 13.3. The summed E-state index contributed by atoms with van der Waals surface area (Å²) in [7, 11) is -3.54. The highest BCUT2D eigenvalue weighted by Gasteiger charge is 2.20. The largest absolute Gasteiger partial charge is 0.486 e. The van der Waals surface area contributed by atoms with Crippen LogP contribution in [0.3, 0.4) is 0 Å². The van der Waals surface area contributed by atoms with E-state index in [2.05, 4.69) is 0 Å². The van der Waals surface area contributed by atoms with Crippen molar-refractivity contribution in [3.8, 4) is 11.5 Å². The maximum absolute atomic E-state index is 12.3. The van der Waals surface area contributed by atoms with Gasteiger partial charge in [0.25, 0.3) is 0 Å². The number of rotatable bonds is 4. The number of hydrogen-bond donors (Lipinski definition) is 0. The van der Waals surface area contributed by atoms with Crippen molar-refractivity contribution in [3.05, 3.63) is 52.5 Å². The fourth-order valence-electron chi connectivity index (χ4n) is 2.43. The first-order valence-electron chi connectivity index (χ1n) is 7.40. The van der Waals surface area contributed by atoms with Crippen LogP contribution in [0.25, 0.3) is 0 Å². The topological polar surface area (TPSA) is 78.9 Å². The van der Waals surface area contributed by atoms with E-state index in [1.54, 1.807) is 24.3 Å². The number of sulfone groups is 1. The lowest BCUT2D eigenvalue weighted by atomic mass is 10.2. The van der Waals surface area contributed by atoms with E-state index in [-0.39, 0.29) is 17.1 Å². The summed E-state index contributed by atoms with van der Waals surface area (Å²) in [5.74, 6) is 0.221. The fraction of sp³-hybridized carbons (Fsp3) is 0.235. The second kappa shape index (κ2) is 6.93. The van der Waals surface area contributed by atoms with Gasteiger partial charge in [0.2, 0.25) is 0 Å². The first-order chi connectivity index (χ1) is 11.9. The van der Waals surface area contributed by atoms with Crippen molar-refractivity contribution in [1.82, 2.24) is 0 Å². The van der Waals surface area contributed by atoms with Crippen molar-refractivity contribution in [2.75, 3.05) is 19.5 Å². The molecule has 1 aliphatic heterocycles. The van der Waals surface area contributed by atoms with Crippen molar-refractivity contribution in [2.24, 2.45) is 0 Å². The third-order valence-electron chi connectivity index (χ3n) is 3.53. The Morgan fingerprint density at radius 3 is 2.68 bits per heavy atom. The number of hydrogen-bond acceptors (Lipinski definition) is 6. The molecule has 0 unspecified atom stereocenters. The Labute approximate surface area is 150 Å². The maximum atomic E-state index is 12.3. The quantitative estimate of drug-likeness (QED) is 0.756. The summed E-state index contributed by atoms with van der Waals surface area (Å²) in [5.41, 5.74) is 0.605. The van der Waals surface area contributed by atoms with E-state index in [1.165, 1.54) is 12.1 Å². The molecule has 0 aromatic heterocycles. The number of carbonyl (C=O) groups excluding carboxylic acids is 1.